The van der Waals surface area contributed by atoms with Gasteiger partial charge in [-0.15, -0.1) is 0 Å². The minimum absolute atomic E-state index is 0.0363. The van der Waals surface area contributed by atoms with Gasteiger partial charge in [-0.1, -0.05) is 0 Å². The van der Waals surface area contributed by atoms with E-state index < -0.39 is 4.92 Å². The molecule has 2 atom stereocenters. The zero-order chi connectivity index (χ0) is 14.5. The van der Waals surface area contributed by atoms with E-state index in [1.165, 1.54) is 12.1 Å². The average molecular weight is 280 g/mol. The van der Waals surface area contributed by atoms with E-state index in [0.29, 0.717) is 30.6 Å². The van der Waals surface area contributed by atoms with Crippen molar-refractivity contribution in [3.8, 4) is 0 Å². The van der Waals surface area contributed by atoms with Crippen molar-refractivity contribution in [2.24, 2.45) is 5.92 Å². The van der Waals surface area contributed by atoms with Crippen LogP contribution in [0.3, 0.4) is 0 Å². The number of aromatic nitrogens is 1. The summed E-state index contributed by atoms with van der Waals surface area (Å²) in [5.41, 5.74) is 0.0363. The van der Waals surface area contributed by atoms with E-state index in [4.69, 9.17) is 4.74 Å². The number of hydrogen-bond donors (Lipinski definition) is 2. The molecule has 0 bridgehead atoms. The summed E-state index contributed by atoms with van der Waals surface area (Å²) in [6.45, 7) is 6.12. The van der Waals surface area contributed by atoms with Crippen molar-refractivity contribution < 1.29 is 9.66 Å². The highest BCUT2D eigenvalue weighted by atomic mass is 16.6. The molecule has 0 saturated carbocycles. The maximum atomic E-state index is 10.9. The van der Waals surface area contributed by atoms with Crippen LogP contribution in [0.25, 0.3) is 0 Å². The normalized spacial score (nSPS) is 21.7. The van der Waals surface area contributed by atoms with Crippen LogP contribution in [0.5, 0.6) is 0 Å². The van der Waals surface area contributed by atoms with Crippen molar-refractivity contribution in [1.29, 1.82) is 0 Å². The van der Waals surface area contributed by atoms with Crippen LogP contribution in [0.15, 0.2) is 12.1 Å². The largest absolute Gasteiger partial charge is 0.378 e. The molecule has 2 unspecified atom stereocenters. The van der Waals surface area contributed by atoms with Crippen molar-refractivity contribution in [1.82, 2.24) is 4.98 Å². The van der Waals surface area contributed by atoms with Crippen molar-refractivity contribution in [3.63, 3.8) is 0 Å². The molecule has 7 heteroatoms. The fourth-order valence-electron chi connectivity index (χ4n) is 2.26. The lowest BCUT2D eigenvalue weighted by molar-refractivity contribution is -0.384. The minimum Gasteiger partial charge on any atom is -0.378 e. The van der Waals surface area contributed by atoms with Crippen LogP contribution in [0.2, 0.25) is 0 Å². The van der Waals surface area contributed by atoms with Gasteiger partial charge in [0.25, 0.3) is 5.69 Å². The molecule has 1 aromatic rings. The van der Waals surface area contributed by atoms with Crippen LogP contribution >= 0.6 is 0 Å². The Balaban J connectivity index is 2.07. The molecule has 0 radical (unpaired) electrons. The summed E-state index contributed by atoms with van der Waals surface area (Å²) < 4.78 is 5.50. The van der Waals surface area contributed by atoms with Gasteiger partial charge >= 0.3 is 0 Å². The van der Waals surface area contributed by atoms with Crippen molar-refractivity contribution in [3.05, 3.63) is 22.2 Å². The van der Waals surface area contributed by atoms with Gasteiger partial charge in [0.15, 0.2) is 0 Å². The van der Waals surface area contributed by atoms with Crippen LogP contribution < -0.4 is 10.6 Å². The quantitative estimate of drug-likeness (QED) is 0.613. The van der Waals surface area contributed by atoms with Gasteiger partial charge in [-0.25, -0.2) is 4.98 Å². The molecule has 0 aromatic carbocycles. The Morgan fingerprint density at radius 3 is 2.70 bits per heavy atom. The molecule has 2 heterocycles. The molecule has 1 fully saturated rings. The van der Waals surface area contributed by atoms with E-state index in [1.807, 2.05) is 13.8 Å². The lowest BCUT2D eigenvalue weighted by Gasteiger charge is -2.15. The Kier molecular flexibility index (Phi) is 4.73. The van der Waals surface area contributed by atoms with Crippen LogP contribution in [-0.2, 0) is 4.74 Å². The van der Waals surface area contributed by atoms with Gasteiger partial charge in [-0.05, 0) is 20.3 Å². The molecular weight excluding hydrogens is 260 g/mol. The van der Waals surface area contributed by atoms with Gasteiger partial charge in [0.2, 0.25) is 0 Å². The molecule has 1 aromatic heterocycles. The highest BCUT2D eigenvalue weighted by Crippen LogP contribution is 2.23. The second-order valence-corrected chi connectivity index (χ2v) is 4.89. The lowest BCUT2D eigenvalue weighted by Crippen LogP contribution is -2.21. The minimum atomic E-state index is -0.408. The number of anilines is 2. The summed E-state index contributed by atoms with van der Waals surface area (Å²) in [4.78, 5) is 14.8. The Morgan fingerprint density at radius 2 is 2.15 bits per heavy atom. The molecule has 0 aliphatic carbocycles. The summed E-state index contributed by atoms with van der Waals surface area (Å²) in [6.07, 6.45) is 1.22. The van der Waals surface area contributed by atoms with Crippen molar-refractivity contribution >= 4 is 17.3 Å². The van der Waals surface area contributed by atoms with Gasteiger partial charge < -0.3 is 15.4 Å². The molecule has 1 aliphatic heterocycles. The van der Waals surface area contributed by atoms with Crippen LogP contribution in [0.1, 0.15) is 20.3 Å². The fourth-order valence-corrected chi connectivity index (χ4v) is 2.26. The lowest BCUT2D eigenvalue weighted by atomic mass is 10.0. The molecule has 2 rings (SSSR count). The smallest absolute Gasteiger partial charge is 0.276 e. The van der Waals surface area contributed by atoms with Crippen LogP contribution in [0.4, 0.5) is 17.3 Å². The van der Waals surface area contributed by atoms with Gasteiger partial charge in [0.1, 0.15) is 11.6 Å². The zero-order valence-corrected chi connectivity index (χ0v) is 11.8. The first-order chi connectivity index (χ1) is 9.60. The van der Waals surface area contributed by atoms with E-state index in [0.717, 1.165) is 13.0 Å². The summed E-state index contributed by atoms with van der Waals surface area (Å²) in [6, 6.07) is 2.90. The fraction of sp³-hybridized carbons (Fsp3) is 0.615. The molecule has 1 saturated heterocycles. The number of hydrogen-bond acceptors (Lipinski definition) is 6. The monoisotopic (exact) mass is 280 g/mol. The number of pyridine rings is 1. The number of nitrogens with one attached hydrogen (secondary N) is 2. The van der Waals surface area contributed by atoms with Crippen molar-refractivity contribution in [2.45, 2.75) is 26.4 Å². The van der Waals surface area contributed by atoms with E-state index >= 15 is 0 Å². The third kappa shape index (κ3) is 3.57. The highest BCUT2D eigenvalue weighted by Gasteiger charge is 2.24. The van der Waals surface area contributed by atoms with Gasteiger partial charge in [0.05, 0.1) is 23.2 Å². The van der Waals surface area contributed by atoms with E-state index in [9.17, 15) is 10.1 Å². The number of nitro groups is 1. The Bertz CT molecular complexity index is 481. The number of rotatable bonds is 6. The molecule has 7 nitrogen and oxygen atoms in total. The standard InChI is InChI=1S/C13H20N4O3/c1-3-14-12-6-11(17(18)19)7-13(16-12)15-8-10-4-5-20-9(10)2/h6-7,9-10H,3-5,8H2,1-2H3,(H2,14,15,16). The van der Waals surface area contributed by atoms with E-state index in [-0.39, 0.29) is 11.8 Å². The van der Waals surface area contributed by atoms with Crippen molar-refractivity contribution in [2.75, 3.05) is 30.3 Å². The maximum absolute atomic E-state index is 10.9. The first kappa shape index (κ1) is 14.5. The first-order valence-corrected chi connectivity index (χ1v) is 6.86. The summed E-state index contributed by atoms with van der Waals surface area (Å²) >= 11 is 0. The Labute approximate surface area is 117 Å². The molecule has 2 N–H and O–H groups in total. The average Bonchev–Trinajstić information content (AvgIpc) is 2.82. The number of ether oxygens (including phenoxy) is 1. The predicted octanol–water partition coefficient (Wildman–Crippen LogP) is 2.26. The molecule has 0 amide bonds. The van der Waals surface area contributed by atoms with Crippen LogP contribution in [0, 0.1) is 16.0 Å². The predicted molar refractivity (Wildman–Crippen MR) is 77.1 cm³/mol. The van der Waals surface area contributed by atoms with Gasteiger partial charge in [0, 0.05) is 25.6 Å². The molecule has 20 heavy (non-hydrogen) atoms. The Morgan fingerprint density at radius 1 is 1.45 bits per heavy atom. The second kappa shape index (κ2) is 6.51. The molecular formula is C13H20N4O3. The molecule has 110 valence electrons. The van der Waals surface area contributed by atoms with E-state index in [1.54, 1.807) is 0 Å². The molecule has 1 aliphatic rings. The van der Waals surface area contributed by atoms with Gasteiger partial charge in [-0.3, -0.25) is 10.1 Å². The Hall–Kier alpha value is -1.89. The van der Waals surface area contributed by atoms with E-state index in [2.05, 4.69) is 15.6 Å². The van der Waals surface area contributed by atoms with Gasteiger partial charge in [-0.2, -0.15) is 0 Å². The summed E-state index contributed by atoms with van der Waals surface area (Å²) in [7, 11) is 0. The van der Waals surface area contributed by atoms with Crippen LogP contribution in [-0.4, -0.2) is 35.7 Å². The third-order valence-electron chi connectivity index (χ3n) is 3.46. The number of nitrogens with zero attached hydrogens (tertiary/aromatic N) is 2. The topological polar surface area (TPSA) is 89.3 Å². The first-order valence-electron chi connectivity index (χ1n) is 6.86. The maximum Gasteiger partial charge on any atom is 0.276 e. The summed E-state index contributed by atoms with van der Waals surface area (Å²) in [5.74, 6) is 1.45. The second-order valence-electron chi connectivity index (χ2n) is 4.89. The highest BCUT2D eigenvalue weighted by molar-refractivity contribution is 5.54. The molecule has 0 spiro atoms. The third-order valence-corrected chi connectivity index (χ3v) is 3.46. The SMILES string of the molecule is CCNc1cc([N+](=O)[O-])cc(NCC2CCOC2C)n1. The zero-order valence-electron chi connectivity index (χ0n) is 11.8. The summed E-state index contributed by atoms with van der Waals surface area (Å²) in [5, 5.41) is 17.1.